The molecular formula is C12H26N2O. The average Bonchev–Trinajstić information content (AvgIpc) is 2.16. The maximum atomic E-state index is 9.82. The molecule has 90 valence electrons. The highest BCUT2D eigenvalue weighted by molar-refractivity contribution is 4.82. The third kappa shape index (κ3) is 4.49. The van der Waals surface area contributed by atoms with Gasteiger partial charge in [0.25, 0.3) is 0 Å². The van der Waals surface area contributed by atoms with Gasteiger partial charge in [-0.1, -0.05) is 13.8 Å². The molecule has 15 heavy (non-hydrogen) atoms. The van der Waals surface area contributed by atoms with Crippen molar-refractivity contribution in [2.75, 3.05) is 26.2 Å². The van der Waals surface area contributed by atoms with Crippen LogP contribution in [-0.4, -0.2) is 41.8 Å². The van der Waals surface area contributed by atoms with Crippen LogP contribution in [0.2, 0.25) is 0 Å². The number of likely N-dealkylation sites (tertiary alicyclic amines) is 1. The van der Waals surface area contributed by atoms with Crippen molar-refractivity contribution >= 4 is 0 Å². The quantitative estimate of drug-likeness (QED) is 0.739. The van der Waals surface area contributed by atoms with E-state index in [1.165, 1.54) is 0 Å². The molecule has 1 aliphatic heterocycles. The molecule has 1 fully saturated rings. The minimum atomic E-state index is -0.431. The van der Waals surface area contributed by atoms with Gasteiger partial charge in [0.15, 0.2) is 0 Å². The van der Waals surface area contributed by atoms with Crippen LogP contribution in [0.5, 0.6) is 0 Å². The van der Waals surface area contributed by atoms with Gasteiger partial charge in [-0.3, -0.25) is 0 Å². The molecule has 0 amide bonds. The van der Waals surface area contributed by atoms with Gasteiger partial charge in [0.2, 0.25) is 0 Å². The summed E-state index contributed by atoms with van der Waals surface area (Å²) in [5, 5.41) is 9.82. The zero-order valence-corrected chi connectivity index (χ0v) is 10.4. The van der Waals surface area contributed by atoms with Crippen LogP contribution in [0.4, 0.5) is 0 Å². The predicted octanol–water partition coefficient (Wildman–Crippen LogP) is 1.21. The van der Waals surface area contributed by atoms with Crippen molar-refractivity contribution in [2.45, 2.75) is 45.6 Å². The van der Waals surface area contributed by atoms with E-state index in [-0.39, 0.29) is 5.41 Å². The second-order valence-corrected chi connectivity index (χ2v) is 5.96. The maximum Gasteiger partial charge on any atom is 0.0644 e. The van der Waals surface area contributed by atoms with E-state index in [0.29, 0.717) is 0 Å². The van der Waals surface area contributed by atoms with Gasteiger partial charge in [-0.25, -0.2) is 0 Å². The highest BCUT2D eigenvalue weighted by Crippen LogP contribution is 2.24. The molecule has 1 aliphatic rings. The fourth-order valence-electron chi connectivity index (χ4n) is 1.82. The van der Waals surface area contributed by atoms with Gasteiger partial charge in [0.05, 0.1) is 5.60 Å². The Hall–Kier alpha value is -0.120. The Morgan fingerprint density at radius 1 is 1.33 bits per heavy atom. The molecule has 3 N–H and O–H groups in total. The topological polar surface area (TPSA) is 49.5 Å². The second kappa shape index (κ2) is 4.81. The molecule has 0 saturated carbocycles. The van der Waals surface area contributed by atoms with Crippen LogP contribution >= 0.6 is 0 Å². The summed E-state index contributed by atoms with van der Waals surface area (Å²) in [5.41, 5.74) is 5.53. The van der Waals surface area contributed by atoms with Crippen molar-refractivity contribution in [2.24, 2.45) is 11.1 Å². The zero-order chi connectivity index (χ0) is 11.5. The van der Waals surface area contributed by atoms with Gasteiger partial charge in [-0.2, -0.15) is 0 Å². The van der Waals surface area contributed by atoms with E-state index in [2.05, 4.69) is 18.7 Å². The summed E-state index contributed by atoms with van der Waals surface area (Å²) in [4.78, 5) is 2.44. The Balaban J connectivity index is 2.25. The van der Waals surface area contributed by atoms with Crippen LogP contribution in [0, 0.1) is 5.41 Å². The third-order valence-electron chi connectivity index (χ3n) is 3.59. The van der Waals surface area contributed by atoms with E-state index in [1.54, 1.807) is 0 Å². The first kappa shape index (κ1) is 12.9. The molecule has 0 aliphatic carbocycles. The van der Waals surface area contributed by atoms with Crippen LogP contribution in [0.1, 0.15) is 40.0 Å². The van der Waals surface area contributed by atoms with Crippen LogP contribution in [-0.2, 0) is 0 Å². The summed E-state index contributed by atoms with van der Waals surface area (Å²) in [6.07, 6.45) is 2.94. The lowest BCUT2D eigenvalue weighted by Gasteiger charge is -2.37. The molecule has 3 heteroatoms. The van der Waals surface area contributed by atoms with Crippen molar-refractivity contribution in [1.29, 1.82) is 0 Å². The first-order chi connectivity index (χ1) is 6.85. The molecule has 1 heterocycles. The largest absolute Gasteiger partial charge is 0.390 e. The Labute approximate surface area is 93.6 Å². The van der Waals surface area contributed by atoms with Gasteiger partial charge in [0.1, 0.15) is 0 Å². The third-order valence-corrected chi connectivity index (χ3v) is 3.59. The van der Waals surface area contributed by atoms with Crippen LogP contribution in [0.25, 0.3) is 0 Å². The molecule has 3 nitrogen and oxygen atoms in total. The summed E-state index contributed by atoms with van der Waals surface area (Å²) in [6, 6.07) is 0. The Morgan fingerprint density at radius 3 is 2.33 bits per heavy atom. The molecule has 0 unspecified atom stereocenters. The van der Waals surface area contributed by atoms with E-state index in [1.807, 2.05) is 6.92 Å². The van der Waals surface area contributed by atoms with Crippen molar-refractivity contribution in [1.82, 2.24) is 4.90 Å². The molecule has 1 saturated heterocycles. The van der Waals surface area contributed by atoms with Crippen molar-refractivity contribution in [3.8, 4) is 0 Å². The fraction of sp³-hybridized carbons (Fsp3) is 1.00. The van der Waals surface area contributed by atoms with Gasteiger partial charge in [0, 0.05) is 13.1 Å². The van der Waals surface area contributed by atoms with Crippen LogP contribution in [0.3, 0.4) is 0 Å². The SMILES string of the molecule is CC(C)(CN)CCN1CCC(C)(O)CC1. The summed E-state index contributed by atoms with van der Waals surface area (Å²) in [6.45, 7) is 10.3. The molecule has 0 aromatic rings. The van der Waals surface area contributed by atoms with Crippen molar-refractivity contribution in [3.63, 3.8) is 0 Å². The van der Waals surface area contributed by atoms with Crippen molar-refractivity contribution < 1.29 is 5.11 Å². The molecule has 0 aromatic heterocycles. The molecule has 0 aromatic carbocycles. The lowest BCUT2D eigenvalue weighted by Crippen LogP contribution is -2.43. The highest BCUT2D eigenvalue weighted by Gasteiger charge is 2.27. The van der Waals surface area contributed by atoms with Gasteiger partial charge < -0.3 is 15.7 Å². The van der Waals surface area contributed by atoms with E-state index >= 15 is 0 Å². The number of nitrogens with zero attached hydrogens (tertiary/aromatic N) is 1. The first-order valence-electron chi connectivity index (χ1n) is 5.99. The molecular weight excluding hydrogens is 188 g/mol. The van der Waals surface area contributed by atoms with Gasteiger partial charge in [-0.05, 0) is 44.7 Å². The Bertz CT molecular complexity index is 192. The minimum absolute atomic E-state index is 0.250. The average molecular weight is 214 g/mol. The fourth-order valence-corrected chi connectivity index (χ4v) is 1.82. The normalized spacial score (nSPS) is 23.0. The van der Waals surface area contributed by atoms with Crippen LogP contribution in [0.15, 0.2) is 0 Å². The number of rotatable bonds is 4. The monoisotopic (exact) mass is 214 g/mol. The molecule has 0 bridgehead atoms. The minimum Gasteiger partial charge on any atom is -0.390 e. The lowest BCUT2D eigenvalue weighted by atomic mass is 9.88. The predicted molar refractivity (Wildman–Crippen MR) is 63.8 cm³/mol. The summed E-state index contributed by atoms with van der Waals surface area (Å²) in [7, 11) is 0. The number of hydrogen-bond donors (Lipinski definition) is 2. The Kier molecular flexibility index (Phi) is 4.15. The number of piperidine rings is 1. The van der Waals surface area contributed by atoms with E-state index < -0.39 is 5.60 Å². The summed E-state index contributed by atoms with van der Waals surface area (Å²) >= 11 is 0. The maximum absolute atomic E-state index is 9.82. The lowest BCUT2D eigenvalue weighted by molar-refractivity contribution is -0.00729. The van der Waals surface area contributed by atoms with Crippen LogP contribution < -0.4 is 5.73 Å². The van der Waals surface area contributed by atoms with E-state index in [4.69, 9.17) is 5.73 Å². The molecule has 0 atom stereocenters. The second-order valence-electron chi connectivity index (χ2n) is 5.96. The molecule has 0 radical (unpaired) electrons. The van der Waals surface area contributed by atoms with E-state index in [0.717, 1.165) is 45.4 Å². The number of aliphatic hydroxyl groups is 1. The Morgan fingerprint density at radius 2 is 1.87 bits per heavy atom. The van der Waals surface area contributed by atoms with E-state index in [9.17, 15) is 5.11 Å². The summed E-state index contributed by atoms with van der Waals surface area (Å²) < 4.78 is 0. The molecule has 1 rings (SSSR count). The van der Waals surface area contributed by atoms with Gasteiger partial charge in [-0.15, -0.1) is 0 Å². The van der Waals surface area contributed by atoms with Gasteiger partial charge >= 0.3 is 0 Å². The number of hydrogen-bond acceptors (Lipinski definition) is 3. The standard InChI is InChI=1S/C12H26N2O/c1-11(2,10-13)4-7-14-8-5-12(3,15)6-9-14/h15H,4-10,13H2,1-3H3. The van der Waals surface area contributed by atoms with Crippen molar-refractivity contribution in [3.05, 3.63) is 0 Å². The number of nitrogens with two attached hydrogens (primary N) is 1. The smallest absolute Gasteiger partial charge is 0.0644 e. The molecule has 0 spiro atoms. The zero-order valence-electron chi connectivity index (χ0n) is 10.4. The highest BCUT2D eigenvalue weighted by atomic mass is 16.3. The first-order valence-corrected chi connectivity index (χ1v) is 5.99. The summed E-state index contributed by atoms with van der Waals surface area (Å²) in [5.74, 6) is 0.